The van der Waals surface area contributed by atoms with E-state index in [4.69, 9.17) is 11.6 Å². The summed E-state index contributed by atoms with van der Waals surface area (Å²) >= 11 is 9.18. The molecule has 120 valence electrons. The van der Waals surface area contributed by atoms with Crippen LogP contribution in [0.4, 0.5) is 0 Å². The van der Waals surface area contributed by atoms with E-state index in [0.717, 1.165) is 0 Å². The molecule has 3 rings (SSSR count). The highest BCUT2D eigenvalue weighted by molar-refractivity contribution is 9.10. The van der Waals surface area contributed by atoms with Gasteiger partial charge in [-0.1, -0.05) is 27.5 Å². The van der Waals surface area contributed by atoms with E-state index in [9.17, 15) is 19.8 Å². The normalized spacial score (nSPS) is 10.8. The van der Waals surface area contributed by atoms with Gasteiger partial charge in [-0.05, 0) is 42.5 Å². The van der Waals surface area contributed by atoms with E-state index in [1.54, 1.807) is 12.1 Å². The maximum atomic E-state index is 11.9. The Morgan fingerprint density at radius 1 is 1.12 bits per heavy atom. The van der Waals surface area contributed by atoms with Crippen molar-refractivity contribution in [1.29, 1.82) is 0 Å². The van der Waals surface area contributed by atoms with Crippen LogP contribution in [0.2, 0.25) is 5.02 Å². The van der Waals surface area contributed by atoms with E-state index >= 15 is 0 Å². The highest BCUT2D eigenvalue weighted by Crippen LogP contribution is 2.31. The van der Waals surface area contributed by atoms with Crippen molar-refractivity contribution in [3.05, 3.63) is 67.7 Å². The fourth-order valence-electron chi connectivity index (χ4n) is 2.33. The number of aromatic carboxylic acids is 1. The fraction of sp³-hybridized carbons (Fsp3) is 0. The van der Waals surface area contributed by atoms with Gasteiger partial charge < -0.3 is 10.2 Å². The van der Waals surface area contributed by atoms with E-state index in [1.807, 2.05) is 0 Å². The van der Waals surface area contributed by atoms with Crippen molar-refractivity contribution in [3.63, 3.8) is 0 Å². The number of fused-ring (bicyclic) bond motifs is 1. The number of pyridine rings is 1. The standard InChI is InChI=1S/C17H9BrClNO4/c18-8-1-4-15(21)16(22)12(5-8)14-7-11(17(23)24)10-6-9(19)2-3-13(10)20-14/h1-7H,(H,21,22)(H,23,24). The zero-order valence-electron chi connectivity index (χ0n) is 12.0. The summed E-state index contributed by atoms with van der Waals surface area (Å²) < 4.78 is 0.546. The van der Waals surface area contributed by atoms with Crippen LogP contribution in [0.5, 0.6) is 5.75 Å². The molecule has 2 aromatic carbocycles. The Kier molecular flexibility index (Phi) is 4.26. The summed E-state index contributed by atoms with van der Waals surface area (Å²) in [4.78, 5) is 27.8. The van der Waals surface area contributed by atoms with Crippen LogP contribution in [0.25, 0.3) is 22.2 Å². The first kappa shape index (κ1) is 16.4. The second-order valence-electron chi connectivity index (χ2n) is 5.01. The largest absolute Gasteiger partial charge is 0.504 e. The minimum Gasteiger partial charge on any atom is -0.504 e. The van der Waals surface area contributed by atoms with E-state index in [0.29, 0.717) is 20.4 Å². The minimum absolute atomic E-state index is 0.0213. The first-order valence-corrected chi connectivity index (χ1v) is 7.91. The van der Waals surface area contributed by atoms with Gasteiger partial charge in [-0.15, -0.1) is 0 Å². The molecule has 7 heteroatoms. The highest BCUT2D eigenvalue weighted by Gasteiger charge is 2.16. The molecular formula is C17H9BrClNO4. The Bertz CT molecular complexity index is 1050. The molecule has 0 saturated carbocycles. The molecule has 0 amide bonds. The number of hydrogen-bond donors (Lipinski definition) is 2. The summed E-state index contributed by atoms with van der Waals surface area (Å²) in [6, 6.07) is 10.2. The number of nitrogens with zero attached hydrogens (tertiary/aromatic N) is 1. The summed E-state index contributed by atoms with van der Waals surface area (Å²) in [5, 5.41) is 20.4. The average molecular weight is 407 g/mol. The van der Waals surface area contributed by atoms with E-state index in [1.165, 1.54) is 30.3 Å². The van der Waals surface area contributed by atoms with Crippen LogP contribution in [0, 0.1) is 0 Å². The van der Waals surface area contributed by atoms with Crippen LogP contribution in [0.1, 0.15) is 10.4 Å². The molecule has 0 bridgehead atoms. The lowest BCUT2D eigenvalue weighted by Gasteiger charge is -2.07. The van der Waals surface area contributed by atoms with Crippen LogP contribution < -0.4 is 5.43 Å². The first-order chi connectivity index (χ1) is 11.4. The topological polar surface area (TPSA) is 87.5 Å². The van der Waals surface area contributed by atoms with Crippen molar-refractivity contribution in [1.82, 2.24) is 4.98 Å². The van der Waals surface area contributed by atoms with Gasteiger partial charge in [0.2, 0.25) is 5.43 Å². The Morgan fingerprint density at radius 2 is 1.88 bits per heavy atom. The molecule has 0 aliphatic heterocycles. The monoisotopic (exact) mass is 405 g/mol. The van der Waals surface area contributed by atoms with Gasteiger partial charge in [0.25, 0.3) is 0 Å². The van der Waals surface area contributed by atoms with E-state index < -0.39 is 17.1 Å². The van der Waals surface area contributed by atoms with Gasteiger partial charge in [-0.25, -0.2) is 9.78 Å². The average Bonchev–Trinajstić information content (AvgIpc) is 2.67. The zero-order valence-corrected chi connectivity index (χ0v) is 14.3. The summed E-state index contributed by atoms with van der Waals surface area (Å²) in [6.45, 7) is 0. The second-order valence-corrected chi connectivity index (χ2v) is 6.36. The first-order valence-electron chi connectivity index (χ1n) is 6.73. The van der Waals surface area contributed by atoms with Gasteiger partial charge in [0.1, 0.15) is 0 Å². The smallest absolute Gasteiger partial charge is 0.336 e. The predicted molar refractivity (Wildman–Crippen MR) is 94.8 cm³/mol. The zero-order chi connectivity index (χ0) is 17.4. The van der Waals surface area contributed by atoms with Crippen molar-refractivity contribution in [2.45, 2.75) is 0 Å². The summed E-state index contributed by atoms with van der Waals surface area (Å²) in [5.74, 6) is -1.66. The molecule has 2 N–H and O–H groups in total. The molecule has 1 aromatic heterocycles. The lowest BCUT2D eigenvalue weighted by molar-refractivity contribution is 0.0699. The molecule has 5 nitrogen and oxygen atoms in total. The molecule has 0 radical (unpaired) electrons. The molecule has 1 heterocycles. The molecule has 0 spiro atoms. The van der Waals surface area contributed by atoms with Crippen LogP contribution in [0.15, 0.2) is 51.7 Å². The number of aromatic hydroxyl groups is 1. The van der Waals surface area contributed by atoms with Gasteiger partial charge >= 0.3 is 5.97 Å². The van der Waals surface area contributed by atoms with E-state index in [-0.39, 0.29) is 16.8 Å². The molecule has 0 aliphatic rings. The molecule has 0 saturated heterocycles. The number of carbonyl (C=O) groups is 1. The van der Waals surface area contributed by atoms with Gasteiger partial charge in [-0.3, -0.25) is 4.79 Å². The molecule has 0 aliphatic carbocycles. The maximum Gasteiger partial charge on any atom is 0.336 e. The summed E-state index contributed by atoms with van der Waals surface area (Å²) in [6.07, 6.45) is 0. The molecular weight excluding hydrogens is 398 g/mol. The number of hydrogen-bond acceptors (Lipinski definition) is 4. The van der Waals surface area contributed by atoms with Crippen LogP contribution >= 0.6 is 27.5 Å². The van der Waals surface area contributed by atoms with Gasteiger partial charge in [0, 0.05) is 20.4 Å². The Morgan fingerprint density at radius 3 is 2.58 bits per heavy atom. The number of aromatic nitrogens is 1. The number of rotatable bonds is 2. The van der Waals surface area contributed by atoms with Crippen LogP contribution in [-0.4, -0.2) is 21.2 Å². The molecule has 3 aromatic rings. The molecule has 24 heavy (non-hydrogen) atoms. The van der Waals surface area contributed by atoms with Crippen LogP contribution in [-0.2, 0) is 0 Å². The highest BCUT2D eigenvalue weighted by atomic mass is 79.9. The fourth-order valence-corrected chi connectivity index (χ4v) is 2.86. The summed E-state index contributed by atoms with van der Waals surface area (Å²) in [5.41, 5.74) is 0.0891. The van der Waals surface area contributed by atoms with Gasteiger partial charge in [-0.2, -0.15) is 0 Å². The van der Waals surface area contributed by atoms with Crippen molar-refractivity contribution in [2.24, 2.45) is 0 Å². The summed E-state index contributed by atoms with van der Waals surface area (Å²) in [7, 11) is 0. The van der Waals surface area contributed by atoms with Crippen molar-refractivity contribution >= 4 is 44.4 Å². The van der Waals surface area contributed by atoms with Gasteiger partial charge in [0.15, 0.2) is 5.75 Å². The molecule has 0 fully saturated rings. The van der Waals surface area contributed by atoms with Crippen LogP contribution in [0.3, 0.4) is 0 Å². The number of carboxylic acid groups (broad SMARTS) is 1. The Hall–Kier alpha value is -2.44. The van der Waals surface area contributed by atoms with Crippen molar-refractivity contribution in [2.75, 3.05) is 0 Å². The van der Waals surface area contributed by atoms with Gasteiger partial charge in [0.05, 0.1) is 16.8 Å². The number of carboxylic acids is 1. The quantitative estimate of drug-likeness (QED) is 0.669. The van der Waals surface area contributed by atoms with Crippen molar-refractivity contribution < 1.29 is 15.0 Å². The predicted octanol–water partition coefficient (Wildman–Crippen LogP) is 4.08. The third-order valence-electron chi connectivity index (χ3n) is 3.44. The Balaban J connectivity index is 2.41. The lowest BCUT2D eigenvalue weighted by Crippen LogP contribution is -2.01. The SMILES string of the molecule is O=C(O)c1cc(-c2cc(Br)ccc(=O)c2O)nc2ccc(Cl)cc12. The molecule has 0 atom stereocenters. The maximum absolute atomic E-state index is 11.9. The Labute approximate surface area is 149 Å². The lowest BCUT2D eigenvalue weighted by atomic mass is 10.0. The molecule has 0 unspecified atom stereocenters. The second kappa shape index (κ2) is 6.22. The number of halogens is 2. The minimum atomic E-state index is -1.16. The number of benzene rings is 1. The van der Waals surface area contributed by atoms with E-state index in [2.05, 4.69) is 20.9 Å². The third-order valence-corrected chi connectivity index (χ3v) is 4.17. The third kappa shape index (κ3) is 2.98. The van der Waals surface area contributed by atoms with Crippen molar-refractivity contribution in [3.8, 4) is 17.0 Å².